The molecule has 1 aromatic heterocycles. The van der Waals surface area contributed by atoms with Crippen LogP contribution in [0.15, 0.2) is 30.5 Å². The molecule has 1 heterocycles. The van der Waals surface area contributed by atoms with Crippen molar-refractivity contribution < 1.29 is 9.53 Å². The lowest BCUT2D eigenvalue weighted by molar-refractivity contribution is -0.123. The van der Waals surface area contributed by atoms with Gasteiger partial charge in [-0.3, -0.25) is 9.78 Å². The number of halogens is 1. The standard InChI is InChI=1S/C16H20ClN3O2/c1-2-7-18-9-10-19-15(21)11-22-14-6-5-13(17)12-4-3-8-20-16(12)14/h3-6,8,18H,2,7,9-11H2,1H3,(H,19,21). The molecule has 6 heteroatoms. The van der Waals surface area contributed by atoms with Crippen molar-refractivity contribution in [2.75, 3.05) is 26.2 Å². The maximum Gasteiger partial charge on any atom is 0.257 e. The molecular weight excluding hydrogens is 302 g/mol. The molecule has 2 rings (SSSR count). The van der Waals surface area contributed by atoms with E-state index in [2.05, 4.69) is 22.5 Å². The quantitative estimate of drug-likeness (QED) is 0.733. The van der Waals surface area contributed by atoms with Crippen LogP contribution in [0.1, 0.15) is 13.3 Å². The highest BCUT2D eigenvalue weighted by Crippen LogP contribution is 2.29. The lowest BCUT2D eigenvalue weighted by atomic mass is 10.2. The molecule has 0 unspecified atom stereocenters. The first-order valence-electron chi connectivity index (χ1n) is 7.36. The highest BCUT2D eigenvalue weighted by molar-refractivity contribution is 6.35. The van der Waals surface area contributed by atoms with Gasteiger partial charge < -0.3 is 15.4 Å². The summed E-state index contributed by atoms with van der Waals surface area (Å²) in [7, 11) is 0. The van der Waals surface area contributed by atoms with Crippen LogP contribution >= 0.6 is 11.6 Å². The number of amides is 1. The molecule has 2 aromatic rings. The molecule has 0 saturated carbocycles. The van der Waals surface area contributed by atoms with Crippen molar-refractivity contribution in [3.63, 3.8) is 0 Å². The number of ether oxygens (including phenoxy) is 1. The van der Waals surface area contributed by atoms with Gasteiger partial charge in [-0.2, -0.15) is 0 Å². The number of carbonyl (C=O) groups is 1. The number of nitrogens with zero attached hydrogens (tertiary/aromatic N) is 1. The number of carbonyl (C=O) groups excluding carboxylic acids is 1. The van der Waals surface area contributed by atoms with Crippen molar-refractivity contribution in [2.24, 2.45) is 0 Å². The molecule has 0 aliphatic carbocycles. The number of hydrogen-bond acceptors (Lipinski definition) is 4. The van der Waals surface area contributed by atoms with Gasteiger partial charge >= 0.3 is 0 Å². The fourth-order valence-electron chi connectivity index (χ4n) is 2.01. The second-order valence-corrected chi connectivity index (χ2v) is 5.24. The van der Waals surface area contributed by atoms with E-state index in [1.54, 1.807) is 18.3 Å². The van der Waals surface area contributed by atoms with Gasteiger partial charge in [-0.25, -0.2) is 0 Å². The number of aromatic nitrogens is 1. The minimum Gasteiger partial charge on any atom is -0.481 e. The van der Waals surface area contributed by atoms with Gasteiger partial charge in [0.25, 0.3) is 5.91 Å². The summed E-state index contributed by atoms with van der Waals surface area (Å²) in [6, 6.07) is 7.16. The van der Waals surface area contributed by atoms with Gasteiger partial charge in [-0.1, -0.05) is 18.5 Å². The monoisotopic (exact) mass is 321 g/mol. The van der Waals surface area contributed by atoms with E-state index in [1.165, 1.54) is 0 Å². The zero-order chi connectivity index (χ0) is 15.8. The molecule has 22 heavy (non-hydrogen) atoms. The van der Waals surface area contributed by atoms with Crippen LogP contribution in [-0.4, -0.2) is 37.1 Å². The molecule has 0 spiro atoms. The number of fused-ring (bicyclic) bond motifs is 1. The smallest absolute Gasteiger partial charge is 0.257 e. The number of pyridine rings is 1. The Bertz CT molecular complexity index is 634. The number of nitrogens with one attached hydrogen (secondary N) is 2. The van der Waals surface area contributed by atoms with Crippen LogP contribution in [0, 0.1) is 0 Å². The van der Waals surface area contributed by atoms with E-state index in [4.69, 9.17) is 16.3 Å². The van der Waals surface area contributed by atoms with Gasteiger partial charge in [-0.05, 0) is 37.2 Å². The largest absolute Gasteiger partial charge is 0.481 e. The predicted octanol–water partition coefficient (Wildman–Crippen LogP) is 2.38. The van der Waals surface area contributed by atoms with E-state index in [-0.39, 0.29) is 12.5 Å². The predicted molar refractivity (Wildman–Crippen MR) is 88.4 cm³/mol. The first kappa shape index (κ1) is 16.5. The Morgan fingerprint density at radius 3 is 2.95 bits per heavy atom. The minimum atomic E-state index is -0.155. The topological polar surface area (TPSA) is 63.2 Å². The molecule has 0 saturated heterocycles. The zero-order valence-corrected chi connectivity index (χ0v) is 13.3. The first-order chi connectivity index (χ1) is 10.7. The lowest BCUT2D eigenvalue weighted by Crippen LogP contribution is -2.35. The van der Waals surface area contributed by atoms with Crippen molar-refractivity contribution in [1.82, 2.24) is 15.6 Å². The van der Waals surface area contributed by atoms with Gasteiger partial charge in [0.15, 0.2) is 6.61 Å². The summed E-state index contributed by atoms with van der Waals surface area (Å²) >= 11 is 6.12. The average molecular weight is 322 g/mol. The van der Waals surface area contributed by atoms with E-state index < -0.39 is 0 Å². The number of benzene rings is 1. The normalized spacial score (nSPS) is 10.6. The molecular formula is C16H20ClN3O2. The first-order valence-corrected chi connectivity index (χ1v) is 7.73. The summed E-state index contributed by atoms with van der Waals surface area (Å²) in [5, 5.41) is 7.44. The van der Waals surface area contributed by atoms with Crippen LogP contribution in [0.3, 0.4) is 0 Å². The Balaban J connectivity index is 1.87. The molecule has 0 fully saturated rings. The number of rotatable bonds is 8. The summed E-state index contributed by atoms with van der Waals surface area (Å²) in [5.74, 6) is 0.400. The Morgan fingerprint density at radius 1 is 1.27 bits per heavy atom. The van der Waals surface area contributed by atoms with Gasteiger partial charge in [0, 0.05) is 24.7 Å². The third-order valence-corrected chi connectivity index (χ3v) is 3.42. The summed E-state index contributed by atoms with van der Waals surface area (Å²) in [6.45, 7) is 4.35. The summed E-state index contributed by atoms with van der Waals surface area (Å²) in [4.78, 5) is 16.0. The molecule has 0 aliphatic rings. The van der Waals surface area contributed by atoms with Crippen molar-refractivity contribution >= 4 is 28.4 Å². The molecule has 5 nitrogen and oxygen atoms in total. The van der Waals surface area contributed by atoms with Crippen LogP contribution in [0.25, 0.3) is 10.9 Å². The number of hydrogen-bond donors (Lipinski definition) is 2. The summed E-state index contributed by atoms with van der Waals surface area (Å²) < 4.78 is 5.56. The van der Waals surface area contributed by atoms with Crippen LogP contribution in [0.5, 0.6) is 5.75 Å². The Kier molecular flexibility index (Phi) is 6.43. The van der Waals surface area contributed by atoms with E-state index >= 15 is 0 Å². The van der Waals surface area contributed by atoms with Gasteiger partial charge in [0.05, 0.1) is 5.02 Å². The Labute approximate surface area is 135 Å². The maximum atomic E-state index is 11.7. The summed E-state index contributed by atoms with van der Waals surface area (Å²) in [6.07, 6.45) is 2.75. The van der Waals surface area contributed by atoms with Gasteiger partial charge in [0.1, 0.15) is 11.3 Å². The molecule has 1 aromatic carbocycles. The third-order valence-electron chi connectivity index (χ3n) is 3.09. The van der Waals surface area contributed by atoms with E-state index in [9.17, 15) is 4.79 Å². The fraction of sp³-hybridized carbons (Fsp3) is 0.375. The highest BCUT2D eigenvalue weighted by atomic mass is 35.5. The Hall–Kier alpha value is -1.85. The van der Waals surface area contributed by atoms with Crippen LogP contribution in [0.2, 0.25) is 5.02 Å². The SMILES string of the molecule is CCCNCCNC(=O)COc1ccc(Cl)c2cccnc12. The minimum absolute atomic E-state index is 0.0406. The van der Waals surface area contributed by atoms with E-state index in [0.29, 0.717) is 22.8 Å². The lowest BCUT2D eigenvalue weighted by Gasteiger charge is -2.10. The van der Waals surface area contributed by atoms with Crippen LogP contribution in [-0.2, 0) is 4.79 Å². The molecule has 0 atom stereocenters. The van der Waals surface area contributed by atoms with Gasteiger partial charge in [-0.15, -0.1) is 0 Å². The molecule has 0 aliphatic heterocycles. The fourth-order valence-corrected chi connectivity index (χ4v) is 2.23. The van der Waals surface area contributed by atoms with E-state index in [1.807, 2.05) is 12.1 Å². The zero-order valence-electron chi connectivity index (χ0n) is 12.6. The van der Waals surface area contributed by atoms with Crippen molar-refractivity contribution in [3.05, 3.63) is 35.5 Å². The van der Waals surface area contributed by atoms with Crippen molar-refractivity contribution in [3.8, 4) is 5.75 Å². The average Bonchev–Trinajstić information content (AvgIpc) is 2.54. The van der Waals surface area contributed by atoms with Crippen LogP contribution in [0.4, 0.5) is 0 Å². The van der Waals surface area contributed by atoms with Crippen LogP contribution < -0.4 is 15.4 Å². The maximum absolute atomic E-state index is 11.7. The van der Waals surface area contributed by atoms with Crippen molar-refractivity contribution in [1.29, 1.82) is 0 Å². The van der Waals surface area contributed by atoms with E-state index in [0.717, 1.165) is 24.9 Å². The Morgan fingerprint density at radius 2 is 2.14 bits per heavy atom. The molecule has 2 N–H and O–H groups in total. The molecule has 118 valence electrons. The molecule has 0 bridgehead atoms. The second kappa shape index (κ2) is 8.56. The third kappa shape index (κ3) is 4.58. The highest BCUT2D eigenvalue weighted by Gasteiger charge is 2.08. The van der Waals surface area contributed by atoms with Gasteiger partial charge in [0.2, 0.25) is 0 Å². The molecule has 0 radical (unpaired) electrons. The second-order valence-electron chi connectivity index (χ2n) is 4.83. The molecule has 1 amide bonds. The summed E-state index contributed by atoms with van der Waals surface area (Å²) in [5.41, 5.74) is 0.660. The van der Waals surface area contributed by atoms with Crippen molar-refractivity contribution in [2.45, 2.75) is 13.3 Å².